The van der Waals surface area contributed by atoms with Crippen molar-refractivity contribution in [1.29, 1.82) is 10.5 Å². The SMILES string of the molecule is CC[C@@H](C)C(=O)N[C@H]1CN(C(C)=O)c2cc(C#N)ccc2N(Cc2c(C3CC3)ccc3c(C#N)cccc23)C1=O.Cl. The summed E-state index contributed by atoms with van der Waals surface area (Å²) < 4.78 is 0. The van der Waals surface area contributed by atoms with E-state index in [4.69, 9.17) is 0 Å². The van der Waals surface area contributed by atoms with E-state index in [2.05, 4.69) is 23.5 Å². The molecule has 1 fully saturated rings. The van der Waals surface area contributed by atoms with Crippen LogP contribution < -0.4 is 15.1 Å². The number of halogens is 1. The number of nitrogens with one attached hydrogen (secondary N) is 1. The zero-order valence-electron chi connectivity index (χ0n) is 23.3. The van der Waals surface area contributed by atoms with Crippen molar-refractivity contribution < 1.29 is 14.4 Å². The van der Waals surface area contributed by atoms with Gasteiger partial charge in [0.15, 0.2) is 0 Å². The molecule has 0 bridgehead atoms. The number of hydrogen-bond donors (Lipinski definition) is 1. The van der Waals surface area contributed by atoms with Gasteiger partial charge in [0, 0.05) is 12.8 Å². The minimum absolute atomic E-state index is 0. The minimum atomic E-state index is -0.975. The Balaban J connectivity index is 0.00000387. The van der Waals surface area contributed by atoms with E-state index in [1.807, 2.05) is 25.1 Å². The molecule has 41 heavy (non-hydrogen) atoms. The first-order valence-corrected chi connectivity index (χ1v) is 13.7. The zero-order chi connectivity index (χ0) is 28.6. The summed E-state index contributed by atoms with van der Waals surface area (Å²) >= 11 is 0. The van der Waals surface area contributed by atoms with Crippen LogP contribution in [0.4, 0.5) is 11.4 Å². The van der Waals surface area contributed by atoms with E-state index >= 15 is 0 Å². The number of rotatable bonds is 6. The molecule has 0 spiro atoms. The van der Waals surface area contributed by atoms with Crippen LogP contribution in [0, 0.1) is 28.6 Å². The predicted octanol–water partition coefficient (Wildman–Crippen LogP) is 5.31. The van der Waals surface area contributed by atoms with Gasteiger partial charge in [-0.1, -0.05) is 38.1 Å². The van der Waals surface area contributed by atoms with Crippen LogP contribution in [0.2, 0.25) is 0 Å². The second-order valence-electron chi connectivity index (χ2n) is 10.7. The quantitative estimate of drug-likeness (QED) is 0.431. The molecule has 0 aromatic heterocycles. The number of benzene rings is 3. The average molecular weight is 570 g/mol. The van der Waals surface area contributed by atoms with Gasteiger partial charge in [0.25, 0.3) is 5.91 Å². The van der Waals surface area contributed by atoms with E-state index in [9.17, 15) is 24.9 Å². The molecule has 2 atom stereocenters. The van der Waals surface area contributed by atoms with Gasteiger partial charge >= 0.3 is 0 Å². The Bertz CT molecular complexity index is 1620. The Morgan fingerprint density at radius 2 is 1.80 bits per heavy atom. The third-order valence-corrected chi connectivity index (χ3v) is 8.04. The van der Waals surface area contributed by atoms with Crippen LogP contribution in [0.15, 0.2) is 48.5 Å². The van der Waals surface area contributed by atoms with E-state index in [-0.39, 0.29) is 49.1 Å². The Morgan fingerprint density at radius 3 is 2.44 bits per heavy atom. The van der Waals surface area contributed by atoms with Crippen LogP contribution >= 0.6 is 12.4 Å². The predicted molar refractivity (Wildman–Crippen MR) is 160 cm³/mol. The number of hydrogen-bond acceptors (Lipinski definition) is 5. The fourth-order valence-electron chi connectivity index (χ4n) is 5.42. The molecule has 9 heteroatoms. The lowest BCUT2D eigenvalue weighted by molar-refractivity contribution is -0.129. The van der Waals surface area contributed by atoms with Gasteiger partial charge in [0.2, 0.25) is 11.8 Å². The maximum Gasteiger partial charge on any atom is 0.251 e. The van der Waals surface area contributed by atoms with Crippen LogP contribution in [-0.2, 0) is 20.9 Å². The summed E-state index contributed by atoms with van der Waals surface area (Å²) in [5.41, 5.74) is 3.95. The number of nitriles is 2. The highest BCUT2D eigenvalue weighted by Gasteiger charge is 2.38. The smallest absolute Gasteiger partial charge is 0.251 e. The lowest BCUT2D eigenvalue weighted by Gasteiger charge is -2.28. The fourth-order valence-corrected chi connectivity index (χ4v) is 5.42. The second-order valence-corrected chi connectivity index (χ2v) is 10.7. The van der Waals surface area contributed by atoms with Gasteiger partial charge in [-0.05, 0) is 71.3 Å². The van der Waals surface area contributed by atoms with E-state index in [1.54, 1.807) is 36.1 Å². The third kappa shape index (κ3) is 5.62. The molecule has 3 aromatic rings. The molecule has 0 unspecified atom stereocenters. The number of fused-ring (bicyclic) bond motifs is 2. The Kier molecular flexibility index (Phi) is 8.66. The minimum Gasteiger partial charge on any atom is -0.342 e. The first-order chi connectivity index (χ1) is 19.3. The lowest BCUT2D eigenvalue weighted by atomic mass is 9.93. The standard InChI is InChI=1S/C32H31N5O3.ClH/c1-4-19(2)31(39)35-28-18-36(20(3)38)30-14-21(15-33)8-13-29(30)37(32(28)40)17-27-24(22-9-10-22)11-12-25-23(16-34)6-5-7-26(25)27;/h5-8,11-14,19,22,28H,4,9-10,17-18H2,1-3H3,(H,35,39);1H/t19-,28+;/m1./s1. The normalized spacial score (nSPS) is 17.0. The molecule has 1 heterocycles. The van der Waals surface area contributed by atoms with Gasteiger partial charge < -0.3 is 15.1 Å². The first-order valence-electron chi connectivity index (χ1n) is 13.7. The first kappa shape index (κ1) is 29.6. The zero-order valence-corrected chi connectivity index (χ0v) is 24.1. The largest absolute Gasteiger partial charge is 0.342 e. The molecule has 1 saturated carbocycles. The van der Waals surface area contributed by atoms with E-state index in [0.717, 1.165) is 34.7 Å². The van der Waals surface area contributed by atoms with Crippen molar-refractivity contribution in [3.05, 3.63) is 70.8 Å². The van der Waals surface area contributed by atoms with Crippen molar-refractivity contribution in [3.8, 4) is 12.1 Å². The highest BCUT2D eigenvalue weighted by atomic mass is 35.5. The summed E-state index contributed by atoms with van der Waals surface area (Å²) in [5, 5.41) is 24.0. The molecule has 0 saturated heterocycles. The van der Waals surface area contributed by atoms with Crippen LogP contribution in [0.1, 0.15) is 68.2 Å². The maximum absolute atomic E-state index is 14.3. The molecular weight excluding hydrogens is 538 g/mol. The second kappa shape index (κ2) is 12.0. The number of anilines is 2. The molecular formula is C32H32ClN5O3. The van der Waals surface area contributed by atoms with Crippen LogP contribution in [0.5, 0.6) is 0 Å². The van der Waals surface area contributed by atoms with Crippen LogP contribution in [0.25, 0.3) is 10.8 Å². The highest BCUT2D eigenvalue weighted by molar-refractivity contribution is 6.08. The van der Waals surface area contributed by atoms with E-state index in [1.165, 1.54) is 11.8 Å². The Hall–Kier alpha value is -4.40. The molecule has 3 aromatic carbocycles. The summed E-state index contributed by atoms with van der Waals surface area (Å²) in [6.07, 6.45) is 2.72. The third-order valence-electron chi connectivity index (χ3n) is 8.04. The van der Waals surface area contributed by atoms with Crippen molar-refractivity contribution in [2.75, 3.05) is 16.3 Å². The van der Waals surface area contributed by atoms with Crippen molar-refractivity contribution in [2.24, 2.45) is 5.92 Å². The van der Waals surface area contributed by atoms with Crippen LogP contribution in [-0.4, -0.2) is 30.3 Å². The molecule has 5 rings (SSSR count). The van der Waals surface area contributed by atoms with E-state index in [0.29, 0.717) is 34.8 Å². The van der Waals surface area contributed by atoms with Gasteiger partial charge in [0.05, 0.1) is 47.7 Å². The number of nitrogens with zero attached hydrogens (tertiary/aromatic N) is 4. The van der Waals surface area contributed by atoms with Gasteiger partial charge in [-0.25, -0.2) is 0 Å². The summed E-state index contributed by atoms with van der Waals surface area (Å²) in [4.78, 5) is 43.2. The maximum atomic E-state index is 14.3. The van der Waals surface area contributed by atoms with E-state index < -0.39 is 6.04 Å². The van der Waals surface area contributed by atoms with Gasteiger partial charge in [-0.2, -0.15) is 10.5 Å². The molecule has 0 radical (unpaired) electrons. The number of amides is 3. The monoisotopic (exact) mass is 569 g/mol. The molecule has 2 aliphatic rings. The van der Waals surface area contributed by atoms with Gasteiger partial charge in [-0.15, -0.1) is 12.4 Å². The number of carbonyl (C=O) groups excluding carboxylic acids is 3. The average Bonchev–Trinajstić information content (AvgIpc) is 3.82. The van der Waals surface area contributed by atoms with Crippen LogP contribution in [0.3, 0.4) is 0 Å². The van der Waals surface area contributed by atoms with Crippen molar-refractivity contribution in [1.82, 2.24) is 5.32 Å². The summed E-state index contributed by atoms with van der Waals surface area (Å²) in [7, 11) is 0. The van der Waals surface area contributed by atoms with Crippen molar-refractivity contribution in [2.45, 2.75) is 58.5 Å². The van der Waals surface area contributed by atoms with Gasteiger partial charge in [0.1, 0.15) is 6.04 Å². The fraction of sp³-hybridized carbons (Fsp3) is 0.344. The van der Waals surface area contributed by atoms with Crippen molar-refractivity contribution in [3.63, 3.8) is 0 Å². The molecule has 1 aliphatic heterocycles. The molecule has 1 N–H and O–H groups in total. The lowest BCUT2D eigenvalue weighted by Crippen LogP contribution is -2.53. The van der Waals surface area contributed by atoms with Gasteiger partial charge in [-0.3, -0.25) is 14.4 Å². The highest BCUT2D eigenvalue weighted by Crippen LogP contribution is 2.45. The Labute approximate surface area is 245 Å². The molecule has 8 nitrogen and oxygen atoms in total. The molecule has 3 amide bonds. The van der Waals surface area contributed by atoms with Crippen molar-refractivity contribution >= 4 is 52.3 Å². The topological polar surface area (TPSA) is 117 Å². The Morgan fingerprint density at radius 1 is 1.05 bits per heavy atom. The molecule has 1 aliphatic carbocycles. The summed E-state index contributed by atoms with van der Waals surface area (Å²) in [5.74, 6) is -0.803. The number of carbonyl (C=O) groups is 3. The summed E-state index contributed by atoms with van der Waals surface area (Å²) in [6.45, 7) is 5.27. The molecule has 210 valence electrons. The summed E-state index contributed by atoms with van der Waals surface area (Å²) in [6, 6.07) is 18.0.